The Hall–Kier alpha value is -2.35. The number of rotatable bonds is 13. The third-order valence-corrected chi connectivity index (χ3v) is 8.51. The van der Waals surface area contributed by atoms with Gasteiger partial charge in [-0.15, -0.1) is 0 Å². The number of carbonyl (C=O) groups excluding carboxylic acids is 3. The number of aromatic nitrogens is 1. The third-order valence-electron chi connectivity index (χ3n) is 6.05. The van der Waals surface area contributed by atoms with Crippen molar-refractivity contribution in [2.24, 2.45) is 11.8 Å². The summed E-state index contributed by atoms with van der Waals surface area (Å²) in [5, 5.41) is 0. The minimum Gasteiger partial charge on any atom is -0.462 e. The summed E-state index contributed by atoms with van der Waals surface area (Å²) in [5.41, 5.74) is -0.330. The van der Waals surface area contributed by atoms with E-state index in [2.05, 4.69) is 4.98 Å². The van der Waals surface area contributed by atoms with Crippen LogP contribution >= 0.6 is 7.60 Å². The summed E-state index contributed by atoms with van der Waals surface area (Å²) in [6, 6.07) is 3.33. The Kier molecular flexibility index (Phi) is 9.56. The van der Waals surface area contributed by atoms with Crippen LogP contribution in [-0.4, -0.2) is 59.7 Å². The van der Waals surface area contributed by atoms with E-state index < -0.39 is 31.1 Å². The molecule has 0 bridgehead atoms. The number of carbonyl (C=O) groups is 3. The van der Waals surface area contributed by atoms with Gasteiger partial charge < -0.3 is 13.8 Å². The van der Waals surface area contributed by atoms with Gasteiger partial charge in [0.2, 0.25) is 11.8 Å². The Morgan fingerprint density at radius 1 is 1.12 bits per heavy atom. The lowest BCUT2D eigenvalue weighted by atomic mass is 9.85. The molecular formula is C24H33N2O7P. The average molecular weight is 493 g/mol. The van der Waals surface area contributed by atoms with E-state index >= 15 is 0 Å². The lowest BCUT2D eigenvalue weighted by Gasteiger charge is -2.31. The van der Waals surface area contributed by atoms with Crippen LogP contribution in [0.25, 0.3) is 0 Å². The van der Waals surface area contributed by atoms with E-state index in [9.17, 15) is 18.9 Å². The SMILES string of the molecule is CCOP(=O)(OCC)[C@@H]1C=CC[C@@H]2C(=O)N(CCCCCCOC(=O)c3cccnc3)C(=O)[C@@H]21. The quantitative estimate of drug-likeness (QED) is 0.134. The zero-order valence-corrected chi connectivity index (χ0v) is 20.7. The zero-order valence-electron chi connectivity index (χ0n) is 19.8. The molecule has 0 saturated carbocycles. The number of ether oxygens (including phenoxy) is 1. The van der Waals surface area contributed by atoms with E-state index in [0.717, 1.165) is 12.8 Å². The van der Waals surface area contributed by atoms with Crippen molar-refractivity contribution in [2.75, 3.05) is 26.4 Å². The molecule has 2 heterocycles. The topological polar surface area (TPSA) is 112 Å². The number of imide groups is 1. The Morgan fingerprint density at radius 2 is 1.85 bits per heavy atom. The Balaban J connectivity index is 1.46. The highest BCUT2D eigenvalue weighted by molar-refractivity contribution is 7.55. The van der Waals surface area contributed by atoms with Crippen LogP contribution in [0.5, 0.6) is 0 Å². The second kappa shape index (κ2) is 12.4. The maximum Gasteiger partial charge on any atom is 0.339 e. The standard InChI is InChI=1S/C24H33N2O7P/c1-3-32-34(30,33-4-2)20-13-9-12-19-21(20)23(28)26(22(19)27)15-7-5-6-8-16-31-24(29)18-11-10-14-25-17-18/h9-11,13-14,17,19-21H,3-8,12,15-16H2,1-2H3/t19-,20+,21-/m0/s1. The monoisotopic (exact) mass is 492 g/mol. The minimum absolute atomic E-state index is 0.197. The van der Waals surface area contributed by atoms with Crippen molar-refractivity contribution in [1.82, 2.24) is 9.88 Å². The first kappa shape index (κ1) is 26.3. The lowest BCUT2D eigenvalue weighted by molar-refractivity contribution is -0.140. The van der Waals surface area contributed by atoms with Crippen molar-refractivity contribution in [3.8, 4) is 0 Å². The molecule has 1 aliphatic carbocycles. The number of unbranched alkanes of at least 4 members (excludes halogenated alkanes) is 3. The number of fused-ring (bicyclic) bond motifs is 1. The van der Waals surface area contributed by atoms with Gasteiger partial charge in [0.05, 0.1) is 42.9 Å². The molecule has 1 aromatic heterocycles. The molecule has 2 amide bonds. The molecule has 0 aromatic carbocycles. The summed E-state index contributed by atoms with van der Waals surface area (Å²) < 4.78 is 29.5. The fourth-order valence-corrected chi connectivity index (χ4v) is 6.68. The average Bonchev–Trinajstić information content (AvgIpc) is 3.09. The highest BCUT2D eigenvalue weighted by Crippen LogP contribution is 2.59. The van der Waals surface area contributed by atoms with E-state index in [0.29, 0.717) is 38.0 Å². The number of hydrogen-bond donors (Lipinski definition) is 0. The highest BCUT2D eigenvalue weighted by Gasteiger charge is 2.56. The molecule has 1 saturated heterocycles. The largest absolute Gasteiger partial charge is 0.462 e. The summed E-state index contributed by atoms with van der Waals surface area (Å²) in [5.74, 6) is -2.15. The normalized spacial score (nSPS) is 22.2. The van der Waals surface area contributed by atoms with Crippen molar-refractivity contribution >= 4 is 25.4 Å². The minimum atomic E-state index is -3.56. The van der Waals surface area contributed by atoms with Gasteiger partial charge in [-0.25, -0.2) is 4.79 Å². The molecule has 10 heteroatoms. The number of esters is 1. The second-order valence-electron chi connectivity index (χ2n) is 8.28. The van der Waals surface area contributed by atoms with Crippen molar-refractivity contribution in [3.05, 3.63) is 42.2 Å². The fourth-order valence-electron chi connectivity index (χ4n) is 4.48. The van der Waals surface area contributed by atoms with Crippen LogP contribution in [0.3, 0.4) is 0 Å². The molecule has 186 valence electrons. The highest BCUT2D eigenvalue weighted by atomic mass is 31.2. The predicted molar refractivity (Wildman–Crippen MR) is 125 cm³/mol. The number of amides is 2. The number of allylic oxidation sites excluding steroid dienone is 2. The lowest BCUT2D eigenvalue weighted by Crippen LogP contribution is -2.35. The van der Waals surface area contributed by atoms with Gasteiger partial charge in [-0.2, -0.15) is 0 Å². The molecule has 1 aromatic rings. The number of hydrogen-bond acceptors (Lipinski definition) is 8. The molecular weight excluding hydrogens is 459 g/mol. The summed E-state index contributed by atoms with van der Waals surface area (Å²) in [4.78, 5) is 43.2. The first-order valence-electron chi connectivity index (χ1n) is 11.9. The molecule has 0 radical (unpaired) electrons. The van der Waals surface area contributed by atoms with Crippen LogP contribution in [0.1, 0.15) is 56.3 Å². The Morgan fingerprint density at radius 3 is 2.53 bits per heavy atom. The number of likely N-dealkylation sites (tertiary alicyclic amines) is 1. The van der Waals surface area contributed by atoms with Crippen LogP contribution in [0.15, 0.2) is 36.7 Å². The van der Waals surface area contributed by atoms with Gasteiger partial charge in [-0.05, 0) is 51.7 Å². The Labute approximate surface area is 200 Å². The predicted octanol–water partition coefficient (Wildman–Crippen LogP) is 3.99. The van der Waals surface area contributed by atoms with E-state index in [-0.39, 0.29) is 25.0 Å². The van der Waals surface area contributed by atoms with Gasteiger partial charge in [0, 0.05) is 18.9 Å². The summed E-state index contributed by atoms with van der Waals surface area (Å²) in [6.07, 6.45) is 9.96. The van der Waals surface area contributed by atoms with Crippen LogP contribution in [-0.2, 0) is 27.9 Å². The summed E-state index contributed by atoms with van der Waals surface area (Å²) in [7, 11) is -3.56. The van der Waals surface area contributed by atoms with Gasteiger partial charge in [0.1, 0.15) is 0 Å². The molecule has 0 unspecified atom stereocenters. The number of nitrogens with zero attached hydrogens (tertiary/aromatic N) is 2. The molecule has 1 fully saturated rings. The van der Waals surface area contributed by atoms with Crippen LogP contribution in [0, 0.1) is 11.8 Å². The van der Waals surface area contributed by atoms with E-state index in [1.54, 1.807) is 44.3 Å². The summed E-state index contributed by atoms with van der Waals surface area (Å²) >= 11 is 0. The molecule has 2 aliphatic rings. The maximum atomic E-state index is 13.4. The van der Waals surface area contributed by atoms with Crippen LogP contribution < -0.4 is 0 Å². The molecule has 1 aliphatic heterocycles. The van der Waals surface area contributed by atoms with Gasteiger partial charge in [-0.3, -0.25) is 24.0 Å². The van der Waals surface area contributed by atoms with Crippen molar-refractivity contribution in [3.63, 3.8) is 0 Å². The Bertz CT molecular complexity index is 927. The molecule has 0 spiro atoms. The number of pyridine rings is 1. The smallest absolute Gasteiger partial charge is 0.339 e. The third kappa shape index (κ3) is 6.01. The fraction of sp³-hybridized carbons (Fsp3) is 0.583. The summed E-state index contributed by atoms with van der Waals surface area (Å²) in [6.45, 7) is 4.47. The molecule has 3 rings (SSSR count). The zero-order chi connectivity index (χ0) is 24.6. The van der Waals surface area contributed by atoms with E-state index in [1.807, 2.05) is 0 Å². The van der Waals surface area contributed by atoms with Gasteiger partial charge in [0.25, 0.3) is 0 Å². The molecule has 34 heavy (non-hydrogen) atoms. The van der Waals surface area contributed by atoms with Crippen molar-refractivity contribution < 1.29 is 32.7 Å². The van der Waals surface area contributed by atoms with E-state index in [4.69, 9.17) is 13.8 Å². The second-order valence-corrected chi connectivity index (χ2v) is 10.5. The van der Waals surface area contributed by atoms with Crippen molar-refractivity contribution in [1.29, 1.82) is 0 Å². The molecule has 3 atom stereocenters. The van der Waals surface area contributed by atoms with Crippen molar-refractivity contribution in [2.45, 2.75) is 51.6 Å². The van der Waals surface area contributed by atoms with E-state index in [1.165, 1.54) is 11.1 Å². The molecule has 0 N–H and O–H groups in total. The van der Waals surface area contributed by atoms with Gasteiger partial charge in [0.15, 0.2) is 0 Å². The molecule has 9 nitrogen and oxygen atoms in total. The maximum absolute atomic E-state index is 13.4. The van der Waals surface area contributed by atoms with Gasteiger partial charge in [-0.1, -0.05) is 18.6 Å². The van der Waals surface area contributed by atoms with Crippen LogP contribution in [0.4, 0.5) is 0 Å². The first-order chi connectivity index (χ1) is 16.4. The van der Waals surface area contributed by atoms with Crippen LogP contribution in [0.2, 0.25) is 0 Å². The first-order valence-corrected chi connectivity index (χ1v) is 13.5. The van der Waals surface area contributed by atoms with Gasteiger partial charge >= 0.3 is 13.6 Å².